The monoisotopic (exact) mass is 490 g/mol. The summed E-state index contributed by atoms with van der Waals surface area (Å²) in [6.45, 7) is -0.325. The van der Waals surface area contributed by atoms with Crippen LogP contribution in [0.3, 0.4) is 0 Å². The summed E-state index contributed by atoms with van der Waals surface area (Å²) in [6.07, 6.45) is 1.91. The van der Waals surface area contributed by atoms with E-state index in [0.717, 1.165) is 14.8 Å². The standard InChI is InChI=1S/C23H23ClN2O4S2/c1-30-21-13-12-18(14-19(21)24)32(28,29)26(15-17-8-4-3-5-9-17)16-23(27)25-20-10-6-7-11-22(20)31-2/h3-14H,15-16H2,1-2H3,(H,25,27). The number of hydrogen-bond acceptors (Lipinski definition) is 5. The van der Waals surface area contributed by atoms with Crippen LogP contribution in [-0.2, 0) is 21.4 Å². The van der Waals surface area contributed by atoms with Gasteiger partial charge in [-0.3, -0.25) is 4.79 Å². The Kier molecular flexibility index (Phi) is 8.20. The molecule has 0 saturated carbocycles. The van der Waals surface area contributed by atoms with Gasteiger partial charge in [-0.1, -0.05) is 54.1 Å². The summed E-state index contributed by atoms with van der Waals surface area (Å²) in [4.78, 5) is 13.7. The lowest BCUT2D eigenvalue weighted by atomic mass is 10.2. The molecule has 0 radical (unpaired) electrons. The molecule has 0 spiro atoms. The second-order valence-corrected chi connectivity index (χ2v) is 10.00. The molecule has 0 aliphatic heterocycles. The van der Waals surface area contributed by atoms with Crippen molar-refractivity contribution in [3.05, 3.63) is 83.4 Å². The Morgan fingerprint density at radius 3 is 2.41 bits per heavy atom. The maximum Gasteiger partial charge on any atom is 0.243 e. The number of rotatable bonds is 9. The van der Waals surface area contributed by atoms with E-state index in [-0.39, 0.29) is 23.0 Å². The summed E-state index contributed by atoms with van der Waals surface area (Å²) in [5.41, 5.74) is 1.39. The predicted molar refractivity (Wildman–Crippen MR) is 129 cm³/mol. The molecule has 0 heterocycles. The van der Waals surface area contributed by atoms with Gasteiger partial charge >= 0.3 is 0 Å². The molecule has 3 aromatic carbocycles. The van der Waals surface area contributed by atoms with Crippen LogP contribution in [-0.4, -0.2) is 38.5 Å². The van der Waals surface area contributed by atoms with Crippen LogP contribution in [0.5, 0.6) is 5.75 Å². The fourth-order valence-corrected chi connectivity index (χ4v) is 5.35. The maximum atomic E-state index is 13.4. The van der Waals surface area contributed by atoms with Crippen molar-refractivity contribution in [2.24, 2.45) is 0 Å². The van der Waals surface area contributed by atoms with Crippen LogP contribution in [0.4, 0.5) is 5.69 Å². The van der Waals surface area contributed by atoms with Gasteiger partial charge in [0.15, 0.2) is 0 Å². The third kappa shape index (κ3) is 5.83. The number of methoxy groups -OCH3 is 1. The fourth-order valence-electron chi connectivity index (χ4n) is 3.07. The fraction of sp³-hybridized carbons (Fsp3) is 0.174. The minimum Gasteiger partial charge on any atom is -0.495 e. The molecule has 3 aromatic rings. The van der Waals surface area contributed by atoms with Crippen LogP contribution in [0, 0.1) is 0 Å². The van der Waals surface area contributed by atoms with E-state index >= 15 is 0 Å². The second kappa shape index (κ2) is 10.9. The second-order valence-electron chi connectivity index (χ2n) is 6.80. The first-order valence-corrected chi connectivity index (χ1v) is 12.7. The highest BCUT2D eigenvalue weighted by Crippen LogP contribution is 2.29. The Hall–Kier alpha value is -2.52. The number of para-hydroxylation sites is 1. The average Bonchev–Trinajstić information content (AvgIpc) is 2.79. The van der Waals surface area contributed by atoms with Crippen molar-refractivity contribution in [1.29, 1.82) is 0 Å². The molecular formula is C23H23ClN2O4S2. The van der Waals surface area contributed by atoms with Gasteiger partial charge in [0.05, 0.1) is 29.3 Å². The Morgan fingerprint density at radius 2 is 1.75 bits per heavy atom. The van der Waals surface area contributed by atoms with Gasteiger partial charge in [-0.2, -0.15) is 4.31 Å². The number of hydrogen-bond donors (Lipinski definition) is 1. The molecule has 1 amide bonds. The van der Waals surface area contributed by atoms with Crippen LogP contribution < -0.4 is 10.1 Å². The van der Waals surface area contributed by atoms with E-state index in [1.807, 2.05) is 54.8 Å². The molecule has 0 bridgehead atoms. The number of ether oxygens (including phenoxy) is 1. The highest BCUT2D eigenvalue weighted by atomic mass is 35.5. The quantitative estimate of drug-likeness (QED) is 0.432. The van der Waals surface area contributed by atoms with Crippen LogP contribution in [0.1, 0.15) is 5.56 Å². The van der Waals surface area contributed by atoms with Gasteiger partial charge in [-0.25, -0.2) is 8.42 Å². The van der Waals surface area contributed by atoms with Gasteiger partial charge in [0, 0.05) is 11.4 Å². The molecule has 0 aliphatic carbocycles. The zero-order valence-corrected chi connectivity index (χ0v) is 20.0. The van der Waals surface area contributed by atoms with E-state index in [9.17, 15) is 13.2 Å². The first-order chi connectivity index (χ1) is 15.3. The number of benzene rings is 3. The van der Waals surface area contributed by atoms with E-state index < -0.39 is 15.9 Å². The lowest BCUT2D eigenvalue weighted by Gasteiger charge is -2.22. The van der Waals surface area contributed by atoms with Crippen molar-refractivity contribution in [2.75, 3.05) is 25.2 Å². The molecule has 168 valence electrons. The Bertz CT molecular complexity index is 1190. The highest BCUT2D eigenvalue weighted by molar-refractivity contribution is 7.98. The van der Waals surface area contributed by atoms with Crippen molar-refractivity contribution >= 4 is 45.0 Å². The molecule has 3 rings (SSSR count). The molecule has 0 fully saturated rings. The zero-order chi connectivity index (χ0) is 23.1. The molecular weight excluding hydrogens is 468 g/mol. The average molecular weight is 491 g/mol. The number of anilines is 1. The Balaban J connectivity index is 1.91. The molecule has 9 heteroatoms. The lowest BCUT2D eigenvalue weighted by Crippen LogP contribution is -2.37. The molecule has 0 atom stereocenters. The molecule has 0 saturated heterocycles. The van der Waals surface area contributed by atoms with Crippen molar-refractivity contribution in [1.82, 2.24) is 4.31 Å². The molecule has 0 aromatic heterocycles. The van der Waals surface area contributed by atoms with E-state index in [2.05, 4.69) is 5.32 Å². The number of thioether (sulfide) groups is 1. The van der Waals surface area contributed by atoms with Gasteiger partial charge in [-0.05, 0) is 42.2 Å². The summed E-state index contributed by atoms with van der Waals surface area (Å²) >= 11 is 7.65. The number of halogens is 1. The van der Waals surface area contributed by atoms with Crippen LogP contribution in [0.15, 0.2) is 82.6 Å². The molecule has 6 nitrogen and oxygen atoms in total. The largest absolute Gasteiger partial charge is 0.495 e. The first-order valence-electron chi connectivity index (χ1n) is 9.65. The smallest absolute Gasteiger partial charge is 0.243 e. The molecule has 1 N–H and O–H groups in total. The number of sulfonamides is 1. The van der Waals surface area contributed by atoms with Crippen molar-refractivity contribution in [2.45, 2.75) is 16.3 Å². The van der Waals surface area contributed by atoms with Gasteiger partial charge in [0.1, 0.15) is 5.75 Å². The first kappa shape index (κ1) is 24.1. The number of amides is 1. The minimum absolute atomic E-state index is 0.0171. The number of carbonyl (C=O) groups is 1. The molecule has 32 heavy (non-hydrogen) atoms. The molecule has 0 unspecified atom stereocenters. The summed E-state index contributed by atoms with van der Waals surface area (Å²) in [5, 5.41) is 2.99. The predicted octanol–water partition coefficient (Wildman–Crippen LogP) is 4.90. The van der Waals surface area contributed by atoms with Gasteiger partial charge in [0.2, 0.25) is 15.9 Å². The van der Waals surface area contributed by atoms with Crippen molar-refractivity contribution in [3.63, 3.8) is 0 Å². The van der Waals surface area contributed by atoms with Crippen molar-refractivity contribution < 1.29 is 17.9 Å². The number of carbonyl (C=O) groups excluding carboxylic acids is 1. The van der Waals surface area contributed by atoms with Gasteiger partial charge < -0.3 is 10.1 Å². The Morgan fingerprint density at radius 1 is 1.06 bits per heavy atom. The summed E-state index contributed by atoms with van der Waals surface area (Å²) in [7, 11) is -2.57. The third-order valence-corrected chi connectivity index (χ3v) is 7.54. The van der Waals surface area contributed by atoms with E-state index in [1.54, 1.807) is 6.07 Å². The Labute approximate surface area is 197 Å². The zero-order valence-electron chi connectivity index (χ0n) is 17.6. The normalized spacial score (nSPS) is 11.4. The number of nitrogens with zero attached hydrogens (tertiary/aromatic N) is 1. The maximum absolute atomic E-state index is 13.4. The van der Waals surface area contributed by atoms with Crippen LogP contribution in [0.2, 0.25) is 5.02 Å². The molecule has 0 aliphatic rings. The minimum atomic E-state index is -4.02. The number of nitrogens with one attached hydrogen (secondary N) is 1. The van der Waals surface area contributed by atoms with E-state index in [4.69, 9.17) is 16.3 Å². The topological polar surface area (TPSA) is 75.7 Å². The van der Waals surface area contributed by atoms with Crippen LogP contribution >= 0.6 is 23.4 Å². The summed E-state index contributed by atoms with van der Waals surface area (Å²) < 4.78 is 33.1. The SMILES string of the molecule is COc1ccc(S(=O)(=O)N(CC(=O)Nc2ccccc2SC)Cc2ccccc2)cc1Cl. The van der Waals surface area contributed by atoms with E-state index in [1.165, 1.54) is 37.1 Å². The van der Waals surface area contributed by atoms with Gasteiger partial charge in [-0.15, -0.1) is 11.8 Å². The van der Waals surface area contributed by atoms with E-state index in [0.29, 0.717) is 11.4 Å². The summed E-state index contributed by atoms with van der Waals surface area (Å²) in [6, 6.07) is 20.7. The van der Waals surface area contributed by atoms with Crippen LogP contribution in [0.25, 0.3) is 0 Å². The van der Waals surface area contributed by atoms with Crippen molar-refractivity contribution in [3.8, 4) is 5.75 Å². The third-order valence-electron chi connectivity index (χ3n) is 4.66. The van der Waals surface area contributed by atoms with Gasteiger partial charge in [0.25, 0.3) is 0 Å². The highest BCUT2D eigenvalue weighted by Gasteiger charge is 2.28. The lowest BCUT2D eigenvalue weighted by molar-refractivity contribution is -0.116. The summed E-state index contributed by atoms with van der Waals surface area (Å²) in [5.74, 6) is -0.0720.